The maximum atomic E-state index is 13.0. The normalized spacial score (nSPS) is 21.6. The average molecular weight is 253 g/mol. The topological polar surface area (TPSA) is 12.0 Å². The van der Waals surface area contributed by atoms with E-state index < -0.39 is 0 Å². The van der Waals surface area contributed by atoms with Crippen LogP contribution in [0, 0.1) is 5.82 Å². The lowest BCUT2D eigenvalue weighted by Crippen LogP contribution is -2.33. The second-order valence-electron chi connectivity index (χ2n) is 4.78. The van der Waals surface area contributed by atoms with Crippen molar-refractivity contribution in [2.45, 2.75) is 37.5 Å². The molecule has 0 spiro atoms. The number of hydrogen-bond acceptors (Lipinski definition) is 2. The Balaban J connectivity index is 1.74. The van der Waals surface area contributed by atoms with Crippen molar-refractivity contribution in [2.24, 2.45) is 0 Å². The van der Waals surface area contributed by atoms with Gasteiger partial charge in [0.05, 0.1) is 0 Å². The van der Waals surface area contributed by atoms with Crippen molar-refractivity contribution in [3.8, 4) is 0 Å². The monoisotopic (exact) mass is 253 g/mol. The summed E-state index contributed by atoms with van der Waals surface area (Å²) in [5.74, 6) is 1.17. The van der Waals surface area contributed by atoms with Crippen molar-refractivity contribution in [2.75, 3.05) is 12.3 Å². The standard InChI is InChI=1S/C14H20FNS/c1-11(16-10-14-6-3-7-17-14)8-12-4-2-5-13(15)9-12/h2,4-5,9,11,14,16H,3,6-8,10H2,1H3. The smallest absolute Gasteiger partial charge is 0.123 e. The Labute approximate surface area is 107 Å². The first-order valence-corrected chi connectivity index (χ1v) is 7.38. The summed E-state index contributed by atoms with van der Waals surface area (Å²) in [6.45, 7) is 3.26. The molecule has 94 valence electrons. The third-order valence-corrected chi connectivity index (χ3v) is 4.55. The van der Waals surface area contributed by atoms with Crippen LogP contribution in [0.5, 0.6) is 0 Å². The highest BCUT2D eigenvalue weighted by molar-refractivity contribution is 8.00. The molecule has 0 aliphatic carbocycles. The van der Waals surface area contributed by atoms with Crippen LogP contribution in [-0.4, -0.2) is 23.6 Å². The van der Waals surface area contributed by atoms with E-state index in [1.807, 2.05) is 6.07 Å². The van der Waals surface area contributed by atoms with Crippen molar-refractivity contribution >= 4 is 11.8 Å². The van der Waals surface area contributed by atoms with Gasteiger partial charge in [0, 0.05) is 17.8 Å². The van der Waals surface area contributed by atoms with Crippen molar-refractivity contribution in [1.29, 1.82) is 0 Å². The molecule has 2 unspecified atom stereocenters. The summed E-state index contributed by atoms with van der Waals surface area (Å²) in [5.41, 5.74) is 1.07. The molecule has 0 radical (unpaired) electrons. The molecular formula is C14H20FNS. The molecule has 3 heteroatoms. The SMILES string of the molecule is CC(Cc1cccc(F)c1)NCC1CCCS1. The van der Waals surface area contributed by atoms with Crippen molar-refractivity contribution in [1.82, 2.24) is 5.32 Å². The Kier molecular flexibility index (Phi) is 4.86. The number of benzene rings is 1. The minimum Gasteiger partial charge on any atom is -0.313 e. The number of halogens is 1. The molecule has 0 aromatic heterocycles. The van der Waals surface area contributed by atoms with E-state index in [0.29, 0.717) is 6.04 Å². The maximum Gasteiger partial charge on any atom is 0.123 e. The highest BCUT2D eigenvalue weighted by Crippen LogP contribution is 2.25. The Bertz CT molecular complexity index is 350. The van der Waals surface area contributed by atoms with Gasteiger partial charge in [0.1, 0.15) is 5.82 Å². The molecule has 1 aliphatic rings. The predicted molar refractivity (Wildman–Crippen MR) is 73.0 cm³/mol. The number of nitrogens with one attached hydrogen (secondary N) is 1. The molecule has 1 aliphatic heterocycles. The Hall–Kier alpha value is -0.540. The van der Waals surface area contributed by atoms with Crippen LogP contribution in [0.3, 0.4) is 0 Å². The van der Waals surface area contributed by atoms with Gasteiger partial charge in [-0.15, -0.1) is 0 Å². The zero-order chi connectivity index (χ0) is 12.1. The first-order valence-electron chi connectivity index (χ1n) is 6.33. The molecule has 1 nitrogen and oxygen atoms in total. The van der Waals surface area contributed by atoms with Gasteiger partial charge in [0.25, 0.3) is 0 Å². The highest BCUT2D eigenvalue weighted by Gasteiger charge is 2.15. The van der Waals surface area contributed by atoms with Crippen LogP contribution in [0.1, 0.15) is 25.3 Å². The van der Waals surface area contributed by atoms with Crippen LogP contribution >= 0.6 is 11.8 Å². The lowest BCUT2D eigenvalue weighted by atomic mass is 10.1. The summed E-state index contributed by atoms with van der Waals surface area (Å²) in [7, 11) is 0. The lowest BCUT2D eigenvalue weighted by molar-refractivity contribution is 0.533. The van der Waals surface area contributed by atoms with E-state index in [2.05, 4.69) is 24.0 Å². The van der Waals surface area contributed by atoms with Gasteiger partial charge in [-0.05, 0) is 49.6 Å². The largest absolute Gasteiger partial charge is 0.313 e. The summed E-state index contributed by atoms with van der Waals surface area (Å²) in [4.78, 5) is 0. The van der Waals surface area contributed by atoms with Crippen LogP contribution in [0.25, 0.3) is 0 Å². The van der Waals surface area contributed by atoms with Crippen LogP contribution < -0.4 is 5.32 Å². The molecule has 1 N–H and O–H groups in total. The summed E-state index contributed by atoms with van der Waals surface area (Å²) in [6.07, 6.45) is 3.59. The second kappa shape index (κ2) is 6.41. The van der Waals surface area contributed by atoms with Gasteiger partial charge < -0.3 is 5.32 Å². The summed E-state index contributed by atoms with van der Waals surface area (Å²) < 4.78 is 13.0. The van der Waals surface area contributed by atoms with Crippen molar-refractivity contribution < 1.29 is 4.39 Å². The quantitative estimate of drug-likeness (QED) is 0.864. The molecule has 1 aromatic carbocycles. The van der Waals surface area contributed by atoms with E-state index in [1.54, 1.807) is 12.1 Å². The number of thioether (sulfide) groups is 1. The van der Waals surface area contributed by atoms with Crippen molar-refractivity contribution in [3.05, 3.63) is 35.6 Å². The molecule has 1 heterocycles. The Morgan fingerprint density at radius 1 is 1.53 bits per heavy atom. The number of rotatable bonds is 5. The molecule has 0 amide bonds. The van der Waals surface area contributed by atoms with Gasteiger partial charge >= 0.3 is 0 Å². The highest BCUT2D eigenvalue weighted by atomic mass is 32.2. The van der Waals surface area contributed by atoms with Gasteiger partial charge in [-0.1, -0.05) is 12.1 Å². The molecule has 2 atom stereocenters. The third-order valence-electron chi connectivity index (χ3n) is 3.15. The second-order valence-corrected chi connectivity index (χ2v) is 6.19. The van der Waals surface area contributed by atoms with E-state index in [1.165, 1.54) is 24.7 Å². The van der Waals surface area contributed by atoms with Crippen LogP contribution in [0.2, 0.25) is 0 Å². The van der Waals surface area contributed by atoms with Crippen LogP contribution in [-0.2, 0) is 6.42 Å². The predicted octanol–water partition coefficient (Wildman–Crippen LogP) is 3.24. The number of hydrogen-bond donors (Lipinski definition) is 1. The van der Waals surface area contributed by atoms with Gasteiger partial charge in [-0.25, -0.2) is 4.39 Å². The molecule has 1 aromatic rings. The zero-order valence-electron chi connectivity index (χ0n) is 10.3. The van der Waals surface area contributed by atoms with Crippen molar-refractivity contribution in [3.63, 3.8) is 0 Å². The minimum absolute atomic E-state index is 0.138. The molecular weight excluding hydrogens is 233 g/mol. The molecule has 0 bridgehead atoms. The Morgan fingerprint density at radius 2 is 2.41 bits per heavy atom. The molecule has 2 rings (SSSR count). The summed E-state index contributed by atoms with van der Waals surface area (Å²) in [6, 6.07) is 7.31. The van der Waals surface area contributed by atoms with E-state index in [0.717, 1.165) is 23.8 Å². The van der Waals surface area contributed by atoms with Crippen LogP contribution in [0.4, 0.5) is 4.39 Å². The molecule has 17 heavy (non-hydrogen) atoms. The molecule has 1 fully saturated rings. The van der Waals surface area contributed by atoms with Gasteiger partial charge in [0.15, 0.2) is 0 Å². The average Bonchev–Trinajstić information content (AvgIpc) is 2.79. The van der Waals surface area contributed by atoms with E-state index >= 15 is 0 Å². The van der Waals surface area contributed by atoms with E-state index in [9.17, 15) is 4.39 Å². The third kappa shape index (κ3) is 4.32. The molecule has 1 saturated heterocycles. The fourth-order valence-corrected chi connectivity index (χ4v) is 3.44. The lowest BCUT2D eigenvalue weighted by Gasteiger charge is -2.16. The minimum atomic E-state index is -0.138. The van der Waals surface area contributed by atoms with Gasteiger partial charge in [0.2, 0.25) is 0 Å². The first kappa shape index (κ1) is 12.9. The summed E-state index contributed by atoms with van der Waals surface area (Å²) in [5, 5.41) is 4.33. The Morgan fingerprint density at radius 3 is 3.12 bits per heavy atom. The van der Waals surface area contributed by atoms with Gasteiger partial charge in [-0.3, -0.25) is 0 Å². The van der Waals surface area contributed by atoms with E-state index in [-0.39, 0.29) is 5.82 Å². The van der Waals surface area contributed by atoms with E-state index in [4.69, 9.17) is 0 Å². The van der Waals surface area contributed by atoms with Gasteiger partial charge in [-0.2, -0.15) is 11.8 Å². The zero-order valence-corrected chi connectivity index (χ0v) is 11.1. The van der Waals surface area contributed by atoms with Crippen LogP contribution in [0.15, 0.2) is 24.3 Å². The first-order chi connectivity index (χ1) is 8.24. The maximum absolute atomic E-state index is 13.0. The molecule has 0 saturated carbocycles. The summed E-state index contributed by atoms with van der Waals surface area (Å²) >= 11 is 2.07. The fourth-order valence-electron chi connectivity index (χ4n) is 2.23. The fraction of sp³-hybridized carbons (Fsp3) is 0.571.